The summed E-state index contributed by atoms with van der Waals surface area (Å²) in [7, 11) is 0. The van der Waals surface area contributed by atoms with E-state index in [-0.39, 0.29) is 23.9 Å². The molecule has 0 radical (unpaired) electrons. The molecule has 2 fully saturated rings. The normalized spacial score (nSPS) is 33.8. The Balaban J connectivity index is 1.91. The Morgan fingerprint density at radius 1 is 1.35 bits per heavy atom. The van der Waals surface area contributed by atoms with Crippen LogP contribution < -0.4 is 0 Å². The number of aliphatic hydroxyl groups is 2. The van der Waals surface area contributed by atoms with Crippen molar-refractivity contribution in [1.29, 1.82) is 0 Å². The third-order valence-electron chi connectivity index (χ3n) is 6.28. The van der Waals surface area contributed by atoms with Crippen molar-refractivity contribution < 1.29 is 20.1 Å². The van der Waals surface area contributed by atoms with Crippen LogP contribution in [0.1, 0.15) is 78.1 Å². The molecule has 0 spiro atoms. The topological polar surface area (TPSA) is 77.8 Å². The molecule has 2 saturated carbocycles. The molecule has 0 aliphatic heterocycles. The van der Waals surface area contributed by atoms with Crippen molar-refractivity contribution in [2.24, 2.45) is 17.3 Å². The predicted octanol–water partition coefficient (Wildman–Crippen LogP) is 4.46. The van der Waals surface area contributed by atoms with Gasteiger partial charge in [-0.2, -0.15) is 0 Å². The Hall–Kier alpha value is -1.13. The first kappa shape index (κ1) is 21.2. The quantitative estimate of drug-likeness (QED) is 0.395. The van der Waals surface area contributed by atoms with E-state index in [0.29, 0.717) is 12.3 Å². The van der Waals surface area contributed by atoms with Crippen LogP contribution in [0.2, 0.25) is 0 Å². The van der Waals surface area contributed by atoms with Crippen molar-refractivity contribution >= 4 is 5.97 Å². The second kappa shape index (κ2) is 9.70. The standard InChI is InChI=1S/C22H36O4/c1-3-4-5-9-17(23)11-12-18-19-13-16(8-6-7-10-21(25)26)14-22(19,2)15-20(18)24/h8,11-12,17-20,23-24H,3-7,9-10,13-15H2,1-2H3,(H,25,26)/b12-11+,16-8-/t17?,18-,19-,20-,22+/m0/s1. The molecule has 148 valence electrons. The van der Waals surface area contributed by atoms with Crippen molar-refractivity contribution in [3.8, 4) is 0 Å². The molecule has 0 aromatic rings. The van der Waals surface area contributed by atoms with E-state index in [2.05, 4.69) is 26.0 Å². The SMILES string of the molecule is CCCCCC(O)/C=C/[C@@H]1[C@@H](O)C[C@@]2(C)C/C(=C\CCCC(=O)O)C[C@@H]12. The molecule has 0 aromatic carbocycles. The second-order valence-electron chi connectivity index (χ2n) is 8.59. The lowest BCUT2D eigenvalue weighted by Crippen LogP contribution is -2.19. The first-order chi connectivity index (χ1) is 12.4. The average Bonchev–Trinajstić information content (AvgIpc) is 2.99. The van der Waals surface area contributed by atoms with Crippen molar-refractivity contribution in [3.63, 3.8) is 0 Å². The highest BCUT2D eigenvalue weighted by atomic mass is 16.4. The Kier molecular flexibility index (Phi) is 7.90. The van der Waals surface area contributed by atoms with Crippen molar-refractivity contribution in [2.45, 2.75) is 90.3 Å². The van der Waals surface area contributed by atoms with Gasteiger partial charge in [0.1, 0.15) is 0 Å². The van der Waals surface area contributed by atoms with Gasteiger partial charge in [0.2, 0.25) is 0 Å². The number of rotatable bonds is 10. The van der Waals surface area contributed by atoms with Gasteiger partial charge in [0.25, 0.3) is 0 Å². The summed E-state index contributed by atoms with van der Waals surface area (Å²) in [5, 5.41) is 29.4. The number of allylic oxidation sites excluding steroid dienone is 2. The Bertz CT molecular complexity index is 524. The third-order valence-corrected chi connectivity index (χ3v) is 6.28. The fraction of sp³-hybridized carbons (Fsp3) is 0.773. The minimum atomic E-state index is -0.732. The van der Waals surface area contributed by atoms with Crippen LogP contribution in [0.15, 0.2) is 23.8 Å². The largest absolute Gasteiger partial charge is 0.481 e. The van der Waals surface area contributed by atoms with Gasteiger partial charge >= 0.3 is 5.97 Å². The van der Waals surface area contributed by atoms with E-state index in [1.807, 2.05) is 6.08 Å². The highest BCUT2D eigenvalue weighted by Gasteiger charge is 2.52. The summed E-state index contributed by atoms with van der Waals surface area (Å²) in [4.78, 5) is 10.6. The molecule has 0 amide bonds. The molecular formula is C22H36O4. The van der Waals surface area contributed by atoms with Gasteiger partial charge in [0.15, 0.2) is 0 Å². The molecule has 1 unspecified atom stereocenters. The van der Waals surface area contributed by atoms with Gasteiger partial charge in [-0.05, 0) is 49.9 Å². The number of carboxylic acid groups (broad SMARTS) is 1. The first-order valence-electron chi connectivity index (χ1n) is 10.3. The zero-order chi connectivity index (χ0) is 19.2. The van der Waals surface area contributed by atoms with Crippen LogP contribution >= 0.6 is 0 Å². The third kappa shape index (κ3) is 5.68. The molecule has 2 aliphatic carbocycles. The van der Waals surface area contributed by atoms with Crippen LogP contribution in [-0.2, 0) is 4.79 Å². The van der Waals surface area contributed by atoms with Gasteiger partial charge in [-0.3, -0.25) is 4.79 Å². The number of carbonyl (C=O) groups is 1. The minimum absolute atomic E-state index is 0.116. The van der Waals surface area contributed by atoms with Crippen LogP contribution in [0.25, 0.3) is 0 Å². The number of carboxylic acids is 1. The van der Waals surface area contributed by atoms with Gasteiger partial charge in [-0.1, -0.05) is 56.9 Å². The summed E-state index contributed by atoms with van der Waals surface area (Å²) >= 11 is 0. The van der Waals surface area contributed by atoms with Crippen molar-refractivity contribution in [2.75, 3.05) is 0 Å². The maximum atomic E-state index is 10.6. The molecule has 26 heavy (non-hydrogen) atoms. The maximum Gasteiger partial charge on any atom is 0.303 e. The van der Waals surface area contributed by atoms with E-state index in [0.717, 1.165) is 51.4 Å². The maximum absolute atomic E-state index is 10.6. The number of hydrogen-bond donors (Lipinski definition) is 3. The molecule has 5 atom stereocenters. The Morgan fingerprint density at radius 2 is 2.12 bits per heavy atom. The average molecular weight is 365 g/mol. The Morgan fingerprint density at radius 3 is 2.81 bits per heavy atom. The molecule has 3 N–H and O–H groups in total. The predicted molar refractivity (Wildman–Crippen MR) is 104 cm³/mol. The number of unbranched alkanes of at least 4 members (excludes halogenated alkanes) is 3. The van der Waals surface area contributed by atoms with Crippen molar-refractivity contribution in [1.82, 2.24) is 0 Å². The van der Waals surface area contributed by atoms with Gasteiger partial charge < -0.3 is 15.3 Å². The zero-order valence-corrected chi connectivity index (χ0v) is 16.4. The number of hydrogen-bond acceptors (Lipinski definition) is 3. The molecule has 0 aromatic heterocycles. The van der Waals surface area contributed by atoms with E-state index in [4.69, 9.17) is 5.11 Å². The molecule has 4 heteroatoms. The van der Waals surface area contributed by atoms with E-state index in [1.54, 1.807) is 0 Å². The molecule has 0 saturated heterocycles. The fourth-order valence-corrected chi connectivity index (χ4v) is 4.89. The lowest BCUT2D eigenvalue weighted by molar-refractivity contribution is -0.137. The monoisotopic (exact) mass is 364 g/mol. The van der Waals surface area contributed by atoms with Crippen LogP contribution in [0.4, 0.5) is 0 Å². The summed E-state index contributed by atoms with van der Waals surface area (Å²) in [6.45, 7) is 4.43. The van der Waals surface area contributed by atoms with Gasteiger partial charge in [0, 0.05) is 12.3 Å². The van der Waals surface area contributed by atoms with Crippen LogP contribution in [0, 0.1) is 17.3 Å². The van der Waals surface area contributed by atoms with E-state index in [9.17, 15) is 15.0 Å². The lowest BCUT2D eigenvalue weighted by Gasteiger charge is -2.24. The van der Waals surface area contributed by atoms with E-state index < -0.39 is 12.1 Å². The van der Waals surface area contributed by atoms with Gasteiger partial charge in [-0.15, -0.1) is 0 Å². The molecule has 2 aliphatic rings. The van der Waals surface area contributed by atoms with Crippen LogP contribution in [0.3, 0.4) is 0 Å². The van der Waals surface area contributed by atoms with E-state index >= 15 is 0 Å². The molecular weight excluding hydrogens is 328 g/mol. The first-order valence-corrected chi connectivity index (χ1v) is 10.3. The molecule has 2 rings (SSSR count). The van der Waals surface area contributed by atoms with Gasteiger partial charge in [0.05, 0.1) is 12.2 Å². The molecule has 0 heterocycles. The zero-order valence-electron chi connectivity index (χ0n) is 16.4. The van der Waals surface area contributed by atoms with Crippen LogP contribution in [0.5, 0.6) is 0 Å². The number of fused-ring (bicyclic) bond motifs is 1. The number of aliphatic carboxylic acids is 1. The van der Waals surface area contributed by atoms with Gasteiger partial charge in [-0.25, -0.2) is 0 Å². The van der Waals surface area contributed by atoms with Crippen molar-refractivity contribution in [3.05, 3.63) is 23.8 Å². The summed E-state index contributed by atoms with van der Waals surface area (Å²) in [6.07, 6.45) is 14.1. The fourth-order valence-electron chi connectivity index (χ4n) is 4.89. The second-order valence-corrected chi connectivity index (χ2v) is 8.59. The smallest absolute Gasteiger partial charge is 0.303 e. The summed E-state index contributed by atoms with van der Waals surface area (Å²) in [5.41, 5.74) is 1.54. The minimum Gasteiger partial charge on any atom is -0.481 e. The number of aliphatic hydroxyl groups excluding tert-OH is 2. The summed E-state index contributed by atoms with van der Waals surface area (Å²) in [6, 6.07) is 0. The highest BCUT2D eigenvalue weighted by Crippen LogP contribution is 2.58. The summed E-state index contributed by atoms with van der Waals surface area (Å²) < 4.78 is 0. The summed E-state index contributed by atoms with van der Waals surface area (Å²) in [5.74, 6) is -0.197. The molecule has 0 bridgehead atoms. The highest BCUT2D eigenvalue weighted by molar-refractivity contribution is 5.66. The van der Waals surface area contributed by atoms with Crippen LogP contribution in [-0.4, -0.2) is 33.5 Å². The van der Waals surface area contributed by atoms with E-state index in [1.165, 1.54) is 5.57 Å². The molecule has 4 nitrogen and oxygen atoms in total. The lowest BCUT2D eigenvalue weighted by atomic mass is 9.80. The Labute approximate surface area is 158 Å².